The van der Waals surface area contributed by atoms with Gasteiger partial charge in [0.15, 0.2) is 5.76 Å². The van der Waals surface area contributed by atoms with E-state index in [0.29, 0.717) is 11.7 Å². The van der Waals surface area contributed by atoms with Crippen molar-refractivity contribution in [3.05, 3.63) is 70.9 Å². The summed E-state index contributed by atoms with van der Waals surface area (Å²) in [5, 5.41) is 0. The Kier molecular flexibility index (Phi) is 3.74. The minimum absolute atomic E-state index is 0.0761. The lowest BCUT2D eigenvalue weighted by Crippen LogP contribution is -2.19. The van der Waals surface area contributed by atoms with Crippen molar-refractivity contribution in [3.63, 3.8) is 0 Å². The number of halogens is 1. The molecule has 0 aliphatic carbocycles. The third-order valence-corrected chi connectivity index (χ3v) is 3.18. The molecule has 0 bridgehead atoms. The minimum Gasteiger partial charge on any atom is -0.497 e. The Balaban J connectivity index is 1.84. The maximum atomic E-state index is 13.2. The topological polar surface area (TPSA) is 57.3 Å². The fourth-order valence-electron chi connectivity index (χ4n) is 2.04. The molecule has 0 N–H and O–H groups in total. The van der Waals surface area contributed by atoms with Crippen LogP contribution < -0.4 is 10.3 Å². The van der Waals surface area contributed by atoms with Crippen molar-refractivity contribution in [3.8, 4) is 17.1 Å². The summed E-state index contributed by atoms with van der Waals surface area (Å²) in [5.41, 5.74) is 0.525. The standard InChI is InChI=1S/C16H13FN2O3/c1-21-13-5-2-11(3-6-13)14-8-18-15(22-14)10-19-9-12(17)4-7-16(19)20/h2-9H,10H2,1H3. The summed E-state index contributed by atoms with van der Waals surface area (Å²) in [6.45, 7) is 0.0761. The fourth-order valence-corrected chi connectivity index (χ4v) is 2.04. The lowest BCUT2D eigenvalue weighted by Gasteiger charge is -2.02. The van der Waals surface area contributed by atoms with Crippen molar-refractivity contribution >= 4 is 0 Å². The second kappa shape index (κ2) is 5.85. The molecule has 6 heteroatoms. The van der Waals surface area contributed by atoms with Gasteiger partial charge in [0.25, 0.3) is 5.56 Å². The third kappa shape index (κ3) is 2.90. The molecule has 0 amide bonds. The highest BCUT2D eigenvalue weighted by Gasteiger charge is 2.08. The molecule has 0 aliphatic heterocycles. The van der Waals surface area contributed by atoms with Gasteiger partial charge in [-0.05, 0) is 30.3 Å². The second-order valence-electron chi connectivity index (χ2n) is 4.66. The van der Waals surface area contributed by atoms with Gasteiger partial charge in [-0.1, -0.05) is 0 Å². The Labute approximate surface area is 125 Å². The van der Waals surface area contributed by atoms with Crippen LogP contribution in [0.5, 0.6) is 5.75 Å². The van der Waals surface area contributed by atoms with Gasteiger partial charge in [0.1, 0.15) is 18.1 Å². The number of nitrogens with zero attached hydrogens (tertiary/aromatic N) is 2. The van der Waals surface area contributed by atoms with E-state index in [1.807, 2.05) is 24.3 Å². The van der Waals surface area contributed by atoms with E-state index in [0.717, 1.165) is 23.6 Å². The summed E-state index contributed by atoms with van der Waals surface area (Å²) >= 11 is 0. The molecule has 3 rings (SSSR count). The first-order chi connectivity index (χ1) is 10.7. The number of methoxy groups -OCH3 is 1. The van der Waals surface area contributed by atoms with Crippen LogP contribution >= 0.6 is 0 Å². The van der Waals surface area contributed by atoms with Gasteiger partial charge in [0.2, 0.25) is 5.89 Å². The zero-order valence-electron chi connectivity index (χ0n) is 11.8. The number of aromatic nitrogens is 2. The summed E-state index contributed by atoms with van der Waals surface area (Å²) in [6, 6.07) is 9.61. The summed E-state index contributed by atoms with van der Waals surface area (Å²) in [6.07, 6.45) is 2.70. The van der Waals surface area contributed by atoms with Gasteiger partial charge in [0, 0.05) is 17.8 Å². The van der Waals surface area contributed by atoms with E-state index in [2.05, 4.69) is 4.98 Å². The van der Waals surface area contributed by atoms with Crippen LogP contribution in [0.25, 0.3) is 11.3 Å². The number of hydrogen-bond donors (Lipinski definition) is 0. The highest BCUT2D eigenvalue weighted by molar-refractivity contribution is 5.57. The van der Waals surface area contributed by atoms with Crippen molar-refractivity contribution in [2.75, 3.05) is 7.11 Å². The van der Waals surface area contributed by atoms with E-state index in [1.165, 1.54) is 10.6 Å². The first kappa shape index (κ1) is 14.1. The maximum Gasteiger partial charge on any atom is 0.251 e. The van der Waals surface area contributed by atoms with Crippen molar-refractivity contribution in [2.24, 2.45) is 0 Å². The third-order valence-electron chi connectivity index (χ3n) is 3.18. The van der Waals surface area contributed by atoms with Gasteiger partial charge in [-0.2, -0.15) is 0 Å². The van der Waals surface area contributed by atoms with Crippen molar-refractivity contribution in [1.29, 1.82) is 0 Å². The molecule has 0 fully saturated rings. The van der Waals surface area contributed by atoms with Crippen molar-refractivity contribution in [2.45, 2.75) is 6.54 Å². The SMILES string of the molecule is COc1ccc(-c2cnc(Cn3cc(F)ccc3=O)o2)cc1. The van der Waals surface area contributed by atoms with E-state index in [4.69, 9.17) is 9.15 Å². The smallest absolute Gasteiger partial charge is 0.251 e. The molecule has 0 spiro atoms. The van der Waals surface area contributed by atoms with Crippen LogP contribution in [0.4, 0.5) is 4.39 Å². The molecule has 2 heterocycles. The number of pyridine rings is 1. The number of rotatable bonds is 4. The molecule has 3 aromatic rings. The Bertz CT molecular complexity index is 837. The fraction of sp³-hybridized carbons (Fsp3) is 0.125. The van der Waals surface area contributed by atoms with E-state index in [1.54, 1.807) is 13.3 Å². The quantitative estimate of drug-likeness (QED) is 0.743. The molecule has 0 atom stereocenters. The lowest BCUT2D eigenvalue weighted by atomic mass is 10.2. The Morgan fingerprint density at radius 2 is 2.00 bits per heavy atom. The highest BCUT2D eigenvalue weighted by Crippen LogP contribution is 2.23. The molecule has 0 radical (unpaired) electrons. The van der Waals surface area contributed by atoms with Crippen LogP contribution in [0.1, 0.15) is 5.89 Å². The lowest BCUT2D eigenvalue weighted by molar-refractivity contribution is 0.415. The first-order valence-corrected chi connectivity index (χ1v) is 6.61. The summed E-state index contributed by atoms with van der Waals surface area (Å²) in [7, 11) is 1.60. The van der Waals surface area contributed by atoms with Crippen molar-refractivity contribution < 1.29 is 13.5 Å². The number of oxazole rings is 1. The van der Waals surface area contributed by atoms with E-state index in [-0.39, 0.29) is 12.1 Å². The molecule has 0 aliphatic rings. The molecule has 5 nitrogen and oxygen atoms in total. The van der Waals surface area contributed by atoms with Gasteiger partial charge >= 0.3 is 0 Å². The summed E-state index contributed by atoms with van der Waals surface area (Å²) in [5.74, 6) is 1.16. The number of benzene rings is 1. The van der Waals surface area contributed by atoms with E-state index in [9.17, 15) is 9.18 Å². The van der Waals surface area contributed by atoms with E-state index >= 15 is 0 Å². The summed E-state index contributed by atoms with van der Waals surface area (Å²) < 4.78 is 25.1. The van der Waals surface area contributed by atoms with Crippen molar-refractivity contribution in [1.82, 2.24) is 9.55 Å². The van der Waals surface area contributed by atoms with Crippen LogP contribution in [0.15, 0.2) is 58.0 Å². The average Bonchev–Trinajstić information content (AvgIpc) is 2.99. The zero-order valence-corrected chi connectivity index (χ0v) is 11.8. The molecule has 2 aromatic heterocycles. The summed E-state index contributed by atoms with van der Waals surface area (Å²) in [4.78, 5) is 15.8. The number of hydrogen-bond acceptors (Lipinski definition) is 4. The number of ether oxygens (including phenoxy) is 1. The van der Waals surface area contributed by atoms with Gasteiger partial charge in [-0.3, -0.25) is 4.79 Å². The van der Waals surface area contributed by atoms with Gasteiger partial charge in [-0.15, -0.1) is 0 Å². The zero-order chi connectivity index (χ0) is 15.5. The molecular weight excluding hydrogens is 287 g/mol. The van der Waals surface area contributed by atoms with Crippen LogP contribution in [-0.2, 0) is 6.54 Å². The molecule has 0 saturated heterocycles. The van der Waals surface area contributed by atoms with Crippen LogP contribution in [0, 0.1) is 5.82 Å². The monoisotopic (exact) mass is 300 g/mol. The van der Waals surface area contributed by atoms with Crippen LogP contribution in [0.2, 0.25) is 0 Å². The molecule has 0 saturated carbocycles. The minimum atomic E-state index is -0.485. The predicted octanol–water partition coefficient (Wildman–Crippen LogP) is 2.70. The highest BCUT2D eigenvalue weighted by atomic mass is 19.1. The van der Waals surface area contributed by atoms with Gasteiger partial charge in [-0.25, -0.2) is 9.37 Å². The second-order valence-corrected chi connectivity index (χ2v) is 4.66. The predicted molar refractivity (Wildman–Crippen MR) is 78.3 cm³/mol. The molecular formula is C16H13FN2O3. The average molecular weight is 300 g/mol. The molecule has 22 heavy (non-hydrogen) atoms. The van der Waals surface area contributed by atoms with E-state index < -0.39 is 5.82 Å². The van der Waals surface area contributed by atoms with Gasteiger partial charge in [0.05, 0.1) is 13.3 Å². The normalized spacial score (nSPS) is 10.6. The largest absolute Gasteiger partial charge is 0.497 e. The Morgan fingerprint density at radius 1 is 1.23 bits per heavy atom. The van der Waals surface area contributed by atoms with Crippen LogP contribution in [-0.4, -0.2) is 16.7 Å². The molecule has 0 unspecified atom stereocenters. The maximum absolute atomic E-state index is 13.2. The first-order valence-electron chi connectivity index (χ1n) is 6.61. The van der Waals surface area contributed by atoms with Crippen LogP contribution in [0.3, 0.4) is 0 Å². The molecule has 1 aromatic carbocycles. The Hall–Kier alpha value is -2.89. The molecule has 112 valence electrons. The van der Waals surface area contributed by atoms with Gasteiger partial charge < -0.3 is 13.7 Å². The Morgan fingerprint density at radius 3 is 2.73 bits per heavy atom.